The number of hydrazone groups is 1. The summed E-state index contributed by atoms with van der Waals surface area (Å²) in [5.74, 6) is -1.50. The number of amides is 1. The number of rotatable bonds is 7. The zero-order valence-electron chi connectivity index (χ0n) is 16.5. The Balaban J connectivity index is 1.85. The first-order chi connectivity index (χ1) is 14.8. The van der Waals surface area contributed by atoms with E-state index in [1.54, 1.807) is 36.4 Å². The predicted molar refractivity (Wildman–Crippen MR) is 119 cm³/mol. The number of para-hydroxylation sites is 1. The molecule has 0 atom stereocenters. The molecular weight excluding hydrogens is 441 g/mol. The maximum atomic E-state index is 14.4. The lowest BCUT2D eigenvalue weighted by molar-refractivity contribution is -0.119. The van der Waals surface area contributed by atoms with Gasteiger partial charge in [-0.3, -0.25) is 9.10 Å². The van der Waals surface area contributed by atoms with Crippen molar-refractivity contribution in [2.75, 3.05) is 10.8 Å². The van der Waals surface area contributed by atoms with Gasteiger partial charge in [0.25, 0.3) is 15.9 Å². The molecule has 3 rings (SSSR count). The topological polar surface area (TPSA) is 78.8 Å². The Hall–Kier alpha value is -3.23. The minimum atomic E-state index is -4.20. The van der Waals surface area contributed by atoms with Crippen molar-refractivity contribution in [1.82, 2.24) is 5.43 Å². The third-order valence-electron chi connectivity index (χ3n) is 4.29. The Bertz CT molecular complexity index is 1200. The Kier molecular flexibility index (Phi) is 7.04. The summed E-state index contributed by atoms with van der Waals surface area (Å²) in [7, 11) is -4.20. The van der Waals surface area contributed by atoms with E-state index >= 15 is 0 Å². The molecule has 0 aliphatic rings. The van der Waals surface area contributed by atoms with Crippen LogP contribution in [0.15, 0.2) is 82.8 Å². The average Bonchev–Trinajstić information content (AvgIpc) is 2.74. The highest BCUT2D eigenvalue weighted by Gasteiger charge is 2.29. The van der Waals surface area contributed by atoms with E-state index in [1.165, 1.54) is 36.5 Å². The van der Waals surface area contributed by atoms with E-state index in [1.807, 2.05) is 6.92 Å². The van der Waals surface area contributed by atoms with Gasteiger partial charge in [-0.05, 0) is 48.9 Å². The number of hydrogen-bond acceptors (Lipinski definition) is 4. The SMILES string of the molecule is Cc1ccc(S(=O)(=O)N(CC(=O)N/N=C\c2ccc(Cl)cc2)c2ccccc2F)cc1. The van der Waals surface area contributed by atoms with Crippen LogP contribution in [0.4, 0.5) is 10.1 Å². The third kappa shape index (κ3) is 5.68. The molecule has 160 valence electrons. The van der Waals surface area contributed by atoms with Crippen molar-refractivity contribution in [3.05, 3.63) is 94.8 Å². The Labute approximate surface area is 185 Å². The largest absolute Gasteiger partial charge is 0.271 e. The van der Waals surface area contributed by atoms with Crippen molar-refractivity contribution in [2.45, 2.75) is 11.8 Å². The molecule has 0 aliphatic heterocycles. The van der Waals surface area contributed by atoms with E-state index in [0.29, 0.717) is 10.6 Å². The van der Waals surface area contributed by atoms with Gasteiger partial charge in [0.2, 0.25) is 0 Å². The molecule has 0 aromatic heterocycles. The quantitative estimate of drug-likeness (QED) is 0.426. The number of nitrogens with zero attached hydrogens (tertiary/aromatic N) is 2. The predicted octanol–water partition coefficient (Wildman–Crippen LogP) is 4.13. The minimum Gasteiger partial charge on any atom is -0.271 e. The molecule has 31 heavy (non-hydrogen) atoms. The summed E-state index contributed by atoms with van der Waals surface area (Å²) < 4.78 is 41.5. The van der Waals surface area contributed by atoms with E-state index in [0.717, 1.165) is 15.9 Å². The number of carbonyl (C=O) groups excluding carboxylic acids is 1. The van der Waals surface area contributed by atoms with Gasteiger partial charge in [-0.1, -0.05) is 53.6 Å². The van der Waals surface area contributed by atoms with Crippen LogP contribution >= 0.6 is 11.6 Å². The van der Waals surface area contributed by atoms with Crippen molar-refractivity contribution in [3.63, 3.8) is 0 Å². The fraction of sp³-hybridized carbons (Fsp3) is 0.0909. The van der Waals surface area contributed by atoms with Gasteiger partial charge in [-0.2, -0.15) is 5.10 Å². The number of sulfonamides is 1. The van der Waals surface area contributed by atoms with Gasteiger partial charge in [-0.15, -0.1) is 0 Å². The van der Waals surface area contributed by atoms with Crippen LogP contribution in [0.3, 0.4) is 0 Å². The third-order valence-corrected chi connectivity index (χ3v) is 6.32. The summed E-state index contributed by atoms with van der Waals surface area (Å²) in [6.07, 6.45) is 1.39. The van der Waals surface area contributed by atoms with Crippen molar-refractivity contribution < 1.29 is 17.6 Å². The monoisotopic (exact) mass is 459 g/mol. The summed E-state index contributed by atoms with van der Waals surface area (Å²) in [5, 5.41) is 4.38. The maximum Gasteiger partial charge on any atom is 0.264 e. The van der Waals surface area contributed by atoms with Crippen LogP contribution in [-0.4, -0.2) is 27.1 Å². The molecule has 0 saturated heterocycles. The van der Waals surface area contributed by atoms with Crippen molar-refractivity contribution >= 4 is 39.4 Å². The van der Waals surface area contributed by atoms with Crippen molar-refractivity contribution in [3.8, 4) is 0 Å². The molecule has 0 unspecified atom stereocenters. The molecule has 3 aromatic carbocycles. The molecular formula is C22H19ClFN3O3S. The number of carbonyl (C=O) groups is 1. The normalized spacial score (nSPS) is 11.5. The minimum absolute atomic E-state index is 0.0566. The molecule has 0 bridgehead atoms. The molecule has 0 spiro atoms. The molecule has 3 aromatic rings. The molecule has 1 amide bonds. The highest BCUT2D eigenvalue weighted by atomic mass is 35.5. The first kappa shape index (κ1) is 22.5. The van der Waals surface area contributed by atoms with Gasteiger partial charge in [0, 0.05) is 5.02 Å². The zero-order valence-corrected chi connectivity index (χ0v) is 18.1. The van der Waals surface area contributed by atoms with Gasteiger partial charge in [0.1, 0.15) is 12.4 Å². The number of anilines is 1. The molecule has 0 aliphatic carbocycles. The maximum absolute atomic E-state index is 14.4. The van der Waals surface area contributed by atoms with Crippen LogP contribution in [0.1, 0.15) is 11.1 Å². The second-order valence-electron chi connectivity index (χ2n) is 6.62. The number of hydrogen-bond donors (Lipinski definition) is 1. The first-order valence-electron chi connectivity index (χ1n) is 9.19. The number of halogens is 2. The van der Waals surface area contributed by atoms with E-state index < -0.39 is 28.3 Å². The van der Waals surface area contributed by atoms with Crippen LogP contribution in [0, 0.1) is 12.7 Å². The standard InChI is InChI=1S/C22H19ClFN3O3S/c1-16-6-12-19(13-7-16)31(29,30)27(21-5-3-2-4-20(21)24)15-22(28)26-25-14-17-8-10-18(23)11-9-17/h2-14H,15H2,1H3,(H,26,28)/b25-14-. The van der Waals surface area contributed by atoms with Crippen LogP contribution in [0.5, 0.6) is 0 Å². The van der Waals surface area contributed by atoms with E-state index in [2.05, 4.69) is 10.5 Å². The van der Waals surface area contributed by atoms with E-state index in [9.17, 15) is 17.6 Å². The average molecular weight is 460 g/mol. The van der Waals surface area contributed by atoms with Gasteiger partial charge in [0.15, 0.2) is 0 Å². The molecule has 0 heterocycles. The van der Waals surface area contributed by atoms with Crippen LogP contribution in [-0.2, 0) is 14.8 Å². The number of aryl methyl sites for hydroxylation is 1. The summed E-state index contributed by atoms with van der Waals surface area (Å²) in [6.45, 7) is 1.16. The van der Waals surface area contributed by atoms with Crippen LogP contribution in [0.2, 0.25) is 5.02 Å². The number of nitrogens with one attached hydrogen (secondary N) is 1. The second-order valence-corrected chi connectivity index (χ2v) is 8.92. The van der Waals surface area contributed by atoms with Gasteiger partial charge in [0.05, 0.1) is 16.8 Å². The smallest absolute Gasteiger partial charge is 0.264 e. The Morgan fingerprint density at radius 2 is 1.71 bits per heavy atom. The lowest BCUT2D eigenvalue weighted by Gasteiger charge is -2.24. The van der Waals surface area contributed by atoms with E-state index in [4.69, 9.17) is 11.6 Å². The lowest BCUT2D eigenvalue weighted by Crippen LogP contribution is -2.40. The zero-order chi connectivity index (χ0) is 22.4. The van der Waals surface area contributed by atoms with E-state index in [-0.39, 0.29) is 10.6 Å². The fourth-order valence-electron chi connectivity index (χ4n) is 2.68. The molecule has 0 fully saturated rings. The molecule has 9 heteroatoms. The molecule has 0 saturated carbocycles. The lowest BCUT2D eigenvalue weighted by atomic mass is 10.2. The van der Waals surface area contributed by atoms with Gasteiger partial charge in [-0.25, -0.2) is 18.2 Å². The van der Waals surface area contributed by atoms with Crippen LogP contribution < -0.4 is 9.73 Å². The highest BCUT2D eigenvalue weighted by Crippen LogP contribution is 2.26. The van der Waals surface area contributed by atoms with Crippen molar-refractivity contribution in [1.29, 1.82) is 0 Å². The van der Waals surface area contributed by atoms with Gasteiger partial charge >= 0.3 is 0 Å². The van der Waals surface area contributed by atoms with Crippen molar-refractivity contribution in [2.24, 2.45) is 5.10 Å². The summed E-state index contributed by atoms with van der Waals surface area (Å²) in [6, 6.07) is 18.2. The molecule has 1 N–H and O–H groups in total. The van der Waals surface area contributed by atoms with Crippen LogP contribution in [0.25, 0.3) is 0 Å². The fourth-order valence-corrected chi connectivity index (χ4v) is 4.24. The molecule has 6 nitrogen and oxygen atoms in total. The Morgan fingerprint density at radius 1 is 1.06 bits per heavy atom. The summed E-state index contributed by atoms with van der Waals surface area (Å²) in [5.41, 5.74) is 3.58. The second kappa shape index (κ2) is 9.72. The highest BCUT2D eigenvalue weighted by molar-refractivity contribution is 7.92. The number of benzene rings is 3. The summed E-state index contributed by atoms with van der Waals surface area (Å²) >= 11 is 5.82. The molecule has 0 radical (unpaired) electrons. The first-order valence-corrected chi connectivity index (χ1v) is 11.0. The van der Waals surface area contributed by atoms with Gasteiger partial charge < -0.3 is 0 Å². The Morgan fingerprint density at radius 3 is 2.35 bits per heavy atom. The summed E-state index contributed by atoms with van der Waals surface area (Å²) in [4.78, 5) is 12.4.